The van der Waals surface area contributed by atoms with Crippen molar-refractivity contribution in [3.63, 3.8) is 0 Å². The van der Waals surface area contributed by atoms with Crippen LogP contribution in [0.3, 0.4) is 0 Å². The van der Waals surface area contributed by atoms with E-state index >= 15 is 0 Å². The molecule has 0 saturated heterocycles. The maximum atomic E-state index is 14.3. The van der Waals surface area contributed by atoms with E-state index in [-0.39, 0.29) is 38.3 Å². The zero-order chi connectivity index (χ0) is 108. The third kappa shape index (κ3) is 29.5. The number of aliphatic hydroxyl groups is 4. The van der Waals surface area contributed by atoms with E-state index in [4.69, 9.17) is 0 Å². The van der Waals surface area contributed by atoms with Crippen LogP contribution in [0.15, 0.2) is 241 Å². The Bertz CT molecular complexity index is 6520. The number of rotatable bonds is 38. The summed E-state index contributed by atoms with van der Waals surface area (Å²) in [5.74, 6) is -7.56. The molecule has 0 spiro atoms. The summed E-state index contributed by atoms with van der Waals surface area (Å²) >= 11 is 9.72. The lowest BCUT2D eigenvalue weighted by molar-refractivity contribution is -0.605. The minimum atomic E-state index is -5.24. The average Bonchev–Trinajstić information content (AvgIpc) is 1.47. The normalized spacial score (nSPS) is 15.1. The first-order chi connectivity index (χ1) is 71.0. The van der Waals surface area contributed by atoms with Gasteiger partial charge in [0.1, 0.15) is 35.8 Å². The van der Waals surface area contributed by atoms with E-state index in [2.05, 4.69) is 99.7 Å². The number of nitrogens with zero attached hydrogens (tertiary/aromatic N) is 10. The maximum absolute atomic E-state index is 14.3. The second-order valence-corrected chi connectivity index (χ2v) is 39.0. The molecule has 10 aromatic heterocycles. The van der Waals surface area contributed by atoms with Crippen LogP contribution in [0.1, 0.15) is 170 Å². The first kappa shape index (κ1) is 114. The van der Waals surface area contributed by atoms with Gasteiger partial charge < -0.3 is 79.2 Å². The lowest BCUT2D eigenvalue weighted by Crippen LogP contribution is -2.44. The van der Waals surface area contributed by atoms with Crippen molar-refractivity contribution in [3.05, 3.63) is 358 Å². The molecule has 0 radical (unpaired) electrons. The molecule has 150 heavy (non-hydrogen) atoms. The van der Waals surface area contributed by atoms with Crippen LogP contribution in [-0.2, 0) is 48.1 Å². The van der Waals surface area contributed by atoms with Gasteiger partial charge in [-0.1, -0.05) is 49.6 Å². The highest BCUT2D eigenvalue weighted by atomic mass is 79.9. The SMILES string of the molecule is [O-][n+]1ccc(CC(c2ccc(OC(F)F)c(OC(F)F)c2)c2cnc(C(O)(c3ccc(Br)cn3)C(F)(F)F)s2)cc1.[O-][n+]1ccc(CC(c2ccc(OC(F)F)c(OC(F)F)c2)c2cnc(C(O)(c3ccc(Br)nc3)C(F)(F)F)s2)cc1.[O-][n+]1ccc(CC(c2ccc(OC(F)F)c(OC(F)F)c2)c2cnc(C3(O)CCC3)s2)cc1.[O-][n+]1ccc(CC(c2ccc(OC(F)F)c(OC(F)F)c2)c2cnc(C3(O)CCCCC3)s2)cc1. The molecule has 0 amide bonds. The summed E-state index contributed by atoms with van der Waals surface area (Å²) in [7, 11) is 0. The van der Waals surface area contributed by atoms with E-state index in [1.807, 2.05) is 0 Å². The van der Waals surface area contributed by atoms with Crippen molar-refractivity contribution in [3.8, 4) is 46.0 Å². The Morgan fingerprint density at radius 3 is 0.853 bits per heavy atom. The van der Waals surface area contributed by atoms with E-state index in [9.17, 15) is 138 Å². The fraction of sp³-hybridized carbons (Fsp3) is 0.312. The Kier molecular flexibility index (Phi) is 38.1. The maximum Gasteiger partial charge on any atom is 0.429 e. The van der Waals surface area contributed by atoms with Crippen molar-refractivity contribution in [2.24, 2.45) is 0 Å². The van der Waals surface area contributed by atoms with Crippen LogP contribution in [0.5, 0.6) is 46.0 Å². The van der Waals surface area contributed by atoms with E-state index in [1.165, 1.54) is 151 Å². The molecule has 4 N–H and O–H groups in total. The minimum absolute atomic E-state index is 0.00657. The number of hydrogen-bond donors (Lipinski definition) is 4. The molecule has 2 saturated carbocycles. The van der Waals surface area contributed by atoms with E-state index < -0.39 is 179 Å². The second kappa shape index (κ2) is 49.9. The first-order valence-electron chi connectivity index (χ1n) is 44.0. The van der Waals surface area contributed by atoms with Gasteiger partial charge in [0.05, 0.1) is 5.69 Å². The Labute approximate surface area is 867 Å². The Hall–Kier alpha value is -12.8. The van der Waals surface area contributed by atoms with E-state index in [0.717, 1.165) is 114 Å². The molecule has 2 aliphatic rings. The number of halogens is 24. The summed E-state index contributed by atoms with van der Waals surface area (Å²) < 4.78 is 330. The number of pyridine rings is 6. The van der Waals surface area contributed by atoms with Crippen molar-refractivity contribution in [1.29, 1.82) is 0 Å². The molecule has 10 heterocycles. The van der Waals surface area contributed by atoms with E-state index in [0.29, 0.717) is 117 Å². The summed E-state index contributed by atoms with van der Waals surface area (Å²) in [5.41, 5.74) is -6.52. The molecule has 2 aliphatic carbocycles. The van der Waals surface area contributed by atoms with Gasteiger partial charge in [-0.2, -0.15) is 116 Å². The topological polar surface area (TPSA) is 340 Å². The molecule has 14 aromatic rings. The van der Waals surface area contributed by atoms with Gasteiger partial charge in [-0.05, 0) is 201 Å². The molecule has 6 atom stereocenters. The van der Waals surface area contributed by atoms with Gasteiger partial charge in [-0.15, -0.1) is 45.3 Å². The number of benzene rings is 4. The summed E-state index contributed by atoms with van der Waals surface area (Å²) in [6, 6.07) is 31.0. The first-order valence-corrected chi connectivity index (χ1v) is 48.8. The number of alkyl halides is 22. The summed E-state index contributed by atoms with van der Waals surface area (Å²) in [6.45, 7) is -26.4. The molecule has 800 valence electrons. The van der Waals surface area contributed by atoms with Crippen LogP contribution in [0.4, 0.5) is 96.6 Å². The van der Waals surface area contributed by atoms with Gasteiger partial charge in [-0.25, -0.2) is 24.9 Å². The molecule has 4 aromatic carbocycles. The van der Waals surface area contributed by atoms with Gasteiger partial charge in [0.25, 0.3) is 5.60 Å². The van der Waals surface area contributed by atoms with Crippen LogP contribution in [0.25, 0.3) is 0 Å². The average molecular weight is 2330 g/mol. The lowest BCUT2D eigenvalue weighted by Gasteiger charge is -2.34. The lowest BCUT2D eigenvalue weighted by atomic mass is 9.81. The molecule has 16 rings (SSSR count). The number of aromatic nitrogens is 10. The van der Waals surface area contributed by atoms with Crippen LogP contribution < -0.4 is 56.8 Å². The molecule has 0 bridgehead atoms. The number of ether oxygens (including phenoxy) is 8. The van der Waals surface area contributed by atoms with Gasteiger partial charge in [-0.3, -0.25) is 4.98 Å². The Balaban J connectivity index is 0.000000167. The van der Waals surface area contributed by atoms with Crippen molar-refractivity contribution < 1.29 is 174 Å². The minimum Gasteiger partial charge on any atom is -0.619 e. The summed E-state index contributed by atoms with van der Waals surface area (Å²) in [5, 5.41) is 89.1. The third-order valence-electron chi connectivity index (χ3n) is 23.3. The molecule has 26 nitrogen and oxygen atoms in total. The monoisotopic (exact) mass is 2330 g/mol. The fourth-order valence-electron chi connectivity index (χ4n) is 15.9. The zero-order valence-corrected chi connectivity index (χ0v) is 82.7. The van der Waals surface area contributed by atoms with Gasteiger partial charge in [0.15, 0.2) is 95.6 Å². The molecule has 6 unspecified atom stereocenters. The summed E-state index contributed by atoms with van der Waals surface area (Å²) in [4.78, 5) is 25.8. The highest BCUT2D eigenvalue weighted by Gasteiger charge is 2.61. The molecular weight excluding hydrogens is 2260 g/mol. The van der Waals surface area contributed by atoms with Crippen LogP contribution in [-0.4, -0.2) is 116 Å². The van der Waals surface area contributed by atoms with E-state index in [1.54, 1.807) is 36.7 Å². The fourth-order valence-corrected chi connectivity index (χ4v) is 21.1. The van der Waals surface area contributed by atoms with Crippen molar-refractivity contribution in [2.75, 3.05) is 0 Å². The largest absolute Gasteiger partial charge is 0.619 e. The van der Waals surface area contributed by atoms with Crippen molar-refractivity contribution in [1.82, 2.24) is 29.9 Å². The highest BCUT2D eigenvalue weighted by Crippen LogP contribution is 2.53. The molecule has 2 fully saturated rings. The zero-order valence-electron chi connectivity index (χ0n) is 76.2. The molecule has 54 heteroatoms. The molecule has 0 aliphatic heterocycles. The predicted molar refractivity (Wildman–Crippen MR) is 498 cm³/mol. The smallest absolute Gasteiger partial charge is 0.429 e. The number of thiazole rings is 4. The predicted octanol–water partition coefficient (Wildman–Crippen LogP) is 22.9. The molecular formula is C96H78Br2F22N10O16S4. The van der Waals surface area contributed by atoms with Crippen molar-refractivity contribution in [2.45, 2.75) is 188 Å². The third-order valence-corrected chi connectivity index (χ3v) is 29.2. The van der Waals surface area contributed by atoms with Gasteiger partial charge in [0.2, 0.25) is 5.60 Å². The van der Waals surface area contributed by atoms with Crippen LogP contribution in [0, 0.1) is 20.8 Å². The Morgan fingerprint density at radius 2 is 0.593 bits per heavy atom. The van der Waals surface area contributed by atoms with Gasteiger partial charge in [0, 0.05) is 139 Å². The number of hydrogen-bond acceptors (Lipinski definition) is 26. The van der Waals surface area contributed by atoms with Crippen molar-refractivity contribution >= 4 is 77.2 Å². The van der Waals surface area contributed by atoms with Crippen LogP contribution in [0.2, 0.25) is 0 Å². The quantitative estimate of drug-likeness (QED) is 0.0121. The Morgan fingerprint density at radius 1 is 0.313 bits per heavy atom. The van der Waals surface area contributed by atoms with Crippen LogP contribution >= 0.6 is 77.2 Å². The standard InChI is InChI=1S/2C25H17BrF7N3O4S.C24H24F4N2O4S.C22H20F4N2O4S/c26-15-2-4-20(34-11-15)24(37,25(31,32)33)21-35-12-19(41-21)16(9-13-5-7-36(38)8-6-13)14-1-3-17(39-22(27)28)18(10-14)40-23(29)30;26-20-4-2-15(11-34-20)24(37,25(31,32)33)21-35-12-19(41-21)16(9-13-5-7-36(38)8-6-13)14-1-3-17(39-22(27)28)18(10-14)40-23(29)30;25-22(26)33-18-5-4-16(13-19(18)34-23(27)28)17(12-15-6-10-30(32)11-7-15)20-14-29-21(35-20)24(31)8-2-1-3-9-24;23-20(24)31-16-3-2-14(11-17(16)32-21(25)26)15(10-13-4-8-28(30)9-5-13)18-12-27-19(33-18)22(29)6-1-7-22/h2*1-8,10-12,16,22-23,37H,9H2;4-7,10-11,13-14,17,22-23,31H,1-3,8-9,12H2;2-5,8-9,11-12,15,20-21,29H,1,6-7,10H2. The second-order valence-electron chi connectivity index (χ2n) is 33.0. The summed E-state index contributed by atoms with van der Waals surface area (Å²) in [6.07, 6.45) is 13.9. The highest BCUT2D eigenvalue weighted by molar-refractivity contribution is 9.10. The van der Waals surface area contributed by atoms with Gasteiger partial charge >= 0.3 is 65.2 Å².